The van der Waals surface area contributed by atoms with Crippen molar-refractivity contribution in [3.05, 3.63) is 53.4 Å². The number of piperidine rings is 1. The van der Waals surface area contributed by atoms with Gasteiger partial charge in [-0.15, -0.1) is 16.4 Å². The summed E-state index contributed by atoms with van der Waals surface area (Å²) in [5.74, 6) is 0.971. The fourth-order valence-electron chi connectivity index (χ4n) is 3.08. The lowest BCUT2D eigenvalue weighted by atomic mass is 9.99. The molecule has 1 aliphatic rings. The second-order valence-electron chi connectivity index (χ2n) is 6.60. The molecule has 3 heterocycles. The molecule has 2 aromatic heterocycles. The Morgan fingerprint density at radius 2 is 1.92 bits per heavy atom. The maximum absolute atomic E-state index is 13.3. The second-order valence-corrected chi connectivity index (χ2v) is 7.55. The third kappa shape index (κ3) is 3.26. The number of benzene rings is 1. The van der Waals surface area contributed by atoms with Crippen LogP contribution in [-0.4, -0.2) is 38.7 Å². The summed E-state index contributed by atoms with van der Waals surface area (Å²) < 4.78 is 14.9. The molecule has 4 rings (SSSR count). The number of amides is 1. The van der Waals surface area contributed by atoms with E-state index in [1.807, 2.05) is 22.4 Å². The molecule has 1 aliphatic heterocycles. The number of likely N-dealkylation sites (tertiary alicyclic amines) is 1. The summed E-state index contributed by atoms with van der Waals surface area (Å²) in [6.07, 6.45) is 2.00. The smallest absolute Gasteiger partial charge is 0.293 e. The number of rotatable bonds is 3. The number of aromatic nitrogens is 3. The third-order valence-corrected chi connectivity index (χ3v) is 5.55. The van der Waals surface area contributed by atoms with Crippen LogP contribution in [0.25, 0.3) is 16.4 Å². The molecule has 0 radical (unpaired) electrons. The topological polar surface area (TPSA) is 51.0 Å². The van der Waals surface area contributed by atoms with Crippen LogP contribution < -0.4 is 0 Å². The van der Waals surface area contributed by atoms with Crippen molar-refractivity contribution in [2.24, 2.45) is 5.92 Å². The van der Waals surface area contributed by atoms with E-state index in [-0.39, 0.29) is 17.5 Å². The number of nitrogens with zero attached hydrogens (tertiary/aromatic N) is 4. The van der Waals surface area contributed by atoms with E-state index in [1.165, 1.54) is 23.5 Å². The Kier molecular flexibility index (Phi) is 4.55. The van der Waals surface area contributed by atoms with Crippen molar-refractivity contribution in [2.75, 3.05) is 13.1 Å². The second kappa shape index (κ2) is 6.99. The van der Waals surface area contributed by atoms with Gasteiger partial charge in [0.05, 0.1) is 10.6 Å². The van der Waals surface area contributed by atoms with Crippen molar-refractivity contribution in [1.82, 2.24) is 19.7 Å². The minimum atomic E-state index is -0.315. The lowest BCUT2D eigenvalue weighted by Crippen LogP contribution is -2.38. The maximum Gasteiger partial charge on any atom is 0.293 e. The van der Waals surface area contributed by atoms with Crippen molar-refractivity contribution in [3.63, 3.8) is 0 Å². The molecule has 7 heteroatoms. The average Bonchev–Trinajstić information content (AvgIpc) is 3.32. The molecule has 0 N–H and O–H groups in total. The molecule has 1 aromatic carbocycles. The molecule has 5 nitrogen and oxygen atoms in total. The molecule has 0 bridgehead atoms. The van der Waals surface area contributed by atoms with Gasteiger partial charge in [0.25, 0.3) is 5.91 Å². The molecular weight excluding hydrogens is 351 g/mol. The third-order valence-electron chi connectivity index (χ3n) is 4.68. The van der Waals surface area contributed by atoms with Gasteiger partial charge >= 0.3 is 0 Å². The van der Waals surface area contributed by atoms with Crippen LogP contribution in [0.3, 0.4) is 0 Å². The highest BCUT2D eigenvalue weighted by atomic mass is 32.1. The minimum absolute atomic E-state index is 0.143. The molecule has 1 fully saturated rings. The maximum atomic E-state index is 13.3. The highest BCUT2D eigenvalue weighted by molar-refractivity contribution is 7.13. The number of carbonyl (C=O) groups is 1. The van der Waals surface area contributed by atoms with Gasteiger partial charge in [-0.25, -0.2) is 14.1 Å². The predicted octanol–water partition coefficient (Wildman–Crippen LogP) is 4.01. The Bertz CT molecular complexity index is 896. The summed E-state index contributed by atoms with van der Waals surface area (Å²) in [5, 5.41) is 6.41. The van der Waals surface area contributed by atoms with Gasteiger partial charge in [-0.2, -0.15) is 0 Å². The summed E-state index contributed by atoms with van der Waals surface area (Å²) in [7, 11) is 0. The Morgan fingerprint density at radius 3 is 2.58 bits per heavy atom. The molecule has 3 aromatic rings. The predicted molar refractivity (Wildman–Crippen MR) is 98.9 cm³/mol. The van der Waals surface area contributed by atoms with Crippen molar-refractivity contribution in [2.45, 2.75) is 19.8 Å². The number of carbonyl (C=O) groups excluding carboxylic acids is 1. The highest BCUT2D eigenvalue weighted by Crippen LogP contribution is 2.26. The molecule has 0 saturated carbocycles. The van der Waals surface area contributed by atoms with Gasteiger partial charge in [0.2, 0.25) is 5.82 Å². The number of hydrogen-bond donors (Lipinski definition) is 0. The fourth-order valence-corrected chi connectivity index (χ4v) is 3.78. The lowest BCUT2D eigenvalue weighted by molar-refractivity contribution is 0.0685. The average molecular weight is 370 g/mol. The van der Waals surface area contributed by atoms with Crippen molar-refractivity contribution >= 4 is 17.2 Å². The van der Waals surface area contributed by atoms with Crippen molar-refractivity contribution in [1.29, 1.82) is 0 Å². The largest absolute Gasteiger partial charge is 0.336 e. The zero-order valence-electron chi connectivity index (χ0n) is 14.4. The fraction of sp³-hybridized carbons (Fsp3) is 0.316. The first-order chi connectivity index (χ1) is 12.6. The Hall–Kier alpha value is -2.54. The van der Waals surface area contributed by atoms with Crippen LogP contribution in [0, 0.1) is 11.7 Å². The van der Waals surface area contributed by atoms with Gasteiger partial charge in [0.15, 0.2) is 5.82 Å². The quantitative estimate of drug-likeness (QED) is 0.700. The van der Waals surface area contributed by atoms with Gasteiger partial charge in [-0.3, -0.25) is 4.79 Å². The lowest BCUT2D eigenvalue weighted by Gasteiger charge is -2.29. The van der Waals surface area contributed by atoms with Crippen LogP contribution >= 0.6 is 11.3 Å². The number of halogens is 1. The Balaban J connectivity index is 1.71. The van der Waals surface area contributed by atoms with Crippen molar-refractivity contribution < 1.29 is 9.18 Å². The highest BCUT2D eigenvalue weighted by Gasteiger charge is 2.26. The molecular formula is C19H19FN4OS. The van der Waals surface area contributed by atoms with E-state index in [0.717, 1.165) is 30.8 Å². The van der Waals surface area contributed by atoms with Crippen LogP contribution in [0.4, 0.5) is 4.39 Å². The van der Waals surface area contributed by atoms with Gasteiger partial charge in [-0.1, -0.05) is 13.0 Å². The Labute approximate surface area is 155 Å². The molecule has 0 aliphatic carbocycles. The van der Waals surface area contributed by atoms with Crippen molar-refractivity contribution in [3.8, 4) is 16.4 Å². The van der Waals surface area contributed by atoms with E-state index in [9.17, 15) is 9.18 Å². The summed E-state index contributed by atoms with van der Waals surface area (Å²) in [6.45, 7) is 3.68. The summed E-state index contributed by atoms with van der Waals surface area (Å²) in [6, 6.07) is 9.89. The monoisotopic (exact) mass is 370 g/mol. The van der Waals surface area contributed by atoms with E-state index in [4.69, 9.17) is 0 Å². The summed E-state index contributed by atoms with van der Waals surface area (Å²) >= 11 is 1.53. The zero-order chi connectivity index (χ0) is 18.1. The molecule has 26 heavy (non-hydrogen) atoms. The van der Waals surface area contributed by atoms with E-state index in [2.05, 4.69) is 17.0 Å². The standard InChI is InChI=1S/C19H19FN4OS/c1-13-8-10-23(11-9-13)19(25)17-21-18(16-3-2-12-26-16)24(22-17)15-6-4-14(20)5-7-15/h2-7,12-13H,8-11H2,1H3. The summed E-state index contributed by atoms with van der Waals surface area (Å²) in [4.78, 5) is 20.1. The summed E-state index contributed by atoms with van der Waals surface area (Å²) in [5.41, 5.74) is 0.675. The van der Waals surface area contributed by atoms with Gasteiger partial charge in [0, 0.05) is 13.1 Å². The normalized spacial score (nSPS) is 15.4. The van der Waals surface area contributed by atoms with Gasteiger partial charge < -0.3 is 4.90 Å². The van der Waals surface area contributed by atoms with Crippen LogP contribution in [0.5, 0.6) is 0 Å². The molecule has 134 valence electrons. The molecule has 1 amide bonds. The molecule has 1 saturated heterocycles. The Morgan fingerprint density at radius 1 is 1.19 bits per heavy atom. The molecule has 0 spiro atoms. The van der Waals surface area contributed by atoms with Gasteiger partial charge in [0.1, 0.15) is 5.82 Å². The first-order valence-electron chi connectivity index (χ1n) is 8.68. The van der Waals surface area contributed by atoms with Crippen LogP contribution in [0.2, 0.25) is 0 Å². The van der Waals surface area contributed by atoms with E-state index in [1.54, 1.807) is 16.8 Å². The van der Waals surface area contributed by atoms with E-state index < -0.39 is 0 Å². The SMILES string of the molecule is CC1CCN(C(=O)c2nc(-c3cccs3)n(-c3ccc(F)cc3)n2)CC1. The molecule has 0 atom stereocenters. The first kappa shape index (κ1) is 16.9. The van der Waals surface area contributed by atoms with Crippen LogP contribution in [-0.2, 0) is 0 Å². The van der Waals surface area contributed by atoms with Crippen LogP contribution in [0.15, 0.2) is 41.8 Å². The zero-order valence-corrected chi connectivity index (χ0v) is 15.2. The van der Waals surface area contributed by atoms with E-state index in [0.29, 0.717) is 17.4 Å². The molecule has 0 unspecified atom stereocenters. The first-order valence-corrected chi connectivity index (χ1v) is 9.56. The van der Waals surface area contributed by atoms with E-state index >= 15 is 0 Å². The van der Waals surface area contributed by atoms with Crippen LogP contribution in [0.1, 0.15) is 30.4 Å². The number of thiophene rings is 1. The minimum Gasteiger partial charge on any atom is -0.336 e. The number of hydrogen-bond acceptors (Lipinski definition) is 4. The van der Waals surface area contributed by atoms with Gasteiger partial charge in [-0.05, 0) is 54.5 Å².